The number of carboxylic acid groups (broad SMARTS) is 1. The van der Waals surface area contributed by atoms with Gasteiger partial charge in [-0.15, -0.1) is 5.10 Å². The SMILES string of the molecule is CC(=O)N[C@H]1CCCCN([C@@H](C)C(=O)NC(CC(=O)O)C(=O)Cn2nnnc2Sc2c(Cl)cccc2Cl)C1=O. The van der Waals surface area contributed by atoms with Gasteiger partial charge in [-0.05, 0) is 60.5 Å². The summed E-state index contributed by atoms with van der Waals surface area (Å²) in [6.45, 7) is 2.61. The molecule has 3 N–H and O–H groups in total. The number of hydrogen-bond donors (Lipinski definition) is 3. The van der Waals surface area contributed by atoms with Crippen LogP contribution in [-0.4, -0.2) is 84.4 Å². The smallest absolute Gasteiger partial charge is 0.305 e. The van der Waals surface area contributed by atoms with Crippen molar-refractivity contribution in [3.63, 3.8) is 0 Å². The van der Waals surface area contributed by atoms with Gasteiger partial charge in [0, 0.05) is 13.5 Å². The van der Waals surface area contributed by atoms with Crippen LogP contribution < -0.4 is 10.6 Å². The fraction of sp³-hybridized carbons (Fsp3) is 0.478. The van der Waals surface area contributed by atoms with Crippen molar-refractivity contribution in [2.45, 2.75) is 74.3 Å². The van der Waals surface area contributed by atoms with Crippen LogP contribution in [0.5, 0.6) is 0 Å². The molecule has 1 unspecified atom stereocenters. The Hall–Kier alpha value is -3.23. The van der Waals surface area contributed by atoms with Gasteiger partial charge in [-0.3, -0.25) is 24.0 Å². The molecule has 1 aliphatic rings. The molecule has 1 saturated heterocycles. The van der Waals surface area contributed by atoms with E-state index in [0.717, 1.165) is 16.4 Å². The molecule has 1 fully saturated rings. The van der Waals surface area contributed by atoms with Crippen LogP contribution >= 0.6 is 35.0 Å². The van der Waals surface area contributed by atoms with Crippen molar-refractivity contribution in [1.82, 2.24) is 35.7 Å². The van der Waals surface area contributed by atoms with Gasteiger partial charge in [0.2, 0.25) is 22.9 Å². The van der Waals surface area contributed by atoms with E-state index in [1.54, 1.807) is 18.2 Å². The Morgan fingerprint density at radius 3 is 2.54 bits per heavy atom. The second-order valence-corrected chi connectivity index (χ2v) is 10.6. The summed E-state index contributed by atoms with van der Waals surface area (Å²) in [4.78, 5) is 64.0. The van der Waals surface area contributed by atoms with E-state index in [1.807, 2.05) is 0 Å². The minimum atomic E-state index is -1.42. The highest BCUT2D eigenvalue weighted by Crippen LogP contribution is 2.37. The molecule has 210 valence electrons. The number of ketones is 1. The first-order chi connectivity index (χ1) is 18.5. The zero-order chi connectivity index (χ0) is 28.7. The number of amides is 3. The summed E-state index contributed by atoms with van der Waals surface area (Å²) in [5.41, 5.74) is 0. The summed E-state index contributed by atoms with van der Waals surface area (Å²) in [7, 11) is 0. The number of aromatic nitrogens is 4. The molecule has 3 amide bonds. The maximum atomic E-state index is 13.1. The lowest BCUT2D eigenvalue weighted by molar-refractivity contribution is -0.144. The summed E-state index contributed by atoms with van der Waals surface area (Å²) in [6, 6.07) is 1.72. The van der Waals surface area contributed by atoms with Gasteiger partial charge in [-0.25, -0.2) is 4.68 Å². The van der Waals surface area contributed by atoms with Gasteiger partial charge in [0.25, 0.3) is 0 Å². The summed E-state index contributed by atoms with van der Waals surface area (Å²) in [5.74, 6) is -3.47. The standard InChI is InChI=1S/C23H27Cl2N7O6S/c1-12(31-9-4-3-8-16(22(31)38)26-13(2)33)21(37)27-17(10-19(35)36)18(34)11-32-23(28-29-30-32)39-20-14(24)6-5-7-15(20)25/h5-7,12,16-17H,3-4,8-11H2,1-2H3,(H,26,33)(H,27,37)(H,35,36)/t12-,16-,17?/m0/s1. The molecule has 1 aliphatic heterocycles. The molecule has 3 rings (SSSR count). The summed E-state index contributed by atoms with van der Waals surface area (Å²) >= 11 is 13.4. The van der Waals surface area contributed by atoms with E-state index in [9.17, 15) is 29.1 Å². The number of hydrogen-bond acceptors (Lipinski definition) is 9. The molecule has 16 heteroatoms. The van der Waals surface area contributed by atoms with E-state index in [2.05, 4.69) is 26.2 Å². The number of nitrogens with zero attached hydrogens (tertiary/aromatic N) is 5. The van der Waals surface area contributed by atoms with E-state index in [0.29, 0.717) is 34.2 Å². The molecule has 0 aliphatic carbocycles. The number of tetrazole rings is 1. The number of carbonyl (C=O) groups is 5. The molecule has 0 radical (unpaired) electrons. The van der Waals surface area contributed by atoms with Crippen LogP contribution in [0.3, 0.4) is 0 Å². The van der Waals surface area contributed by atoms with Gasteiger partial charge in [-0.2, -0.15) is 0 Å². The largest absolute Gasteiger partial charge is 0.481 e. The van der Waals surface area contributed by atoms with Gasteiger partial charge in [0.1, 0.15) is 18.6 Å². The van der Waals surface area contributed by atoms with Crippen LogP contribution in [0.15, 0.2) is 28.3 Å². The summed E-state index contributed by atoms with van der Waals surface area (Å²) in [6.07, 6.45) is 1.04. The third-order valence-electron chi connectivity index (χ3n) is 5.95. The number of Topliss-reactive ketones (excluding diaryl/α,β-unsaturated/α-hetero) is 1. The van der Waals surface area contributed by atoms with Crippen molar-refractivity contribution in [3.8, 4) is 0 Å². The lowest BCUT2D eigenvalue weighted by Crippen LogP contribution is -2.56. The van der Waals surface area contributed by atoms with Gasteiger partial charge in [0.15, 0.2) is 5.78 Å². The van der Waals surface area contributed by atoms with Crippen LogP contribution in [0.2, 0.25) is 10.0 Å². The molecule has 0 saturated carbocycles. The average molecular weight is 600 g/mol. The third kappa shape index (κ3) is 8.13. The Kier molecular flexibility index (Phi) is 10.7. The minimum Gasteiger partial charge on any atom is -0.481 e. The van der Waals surface area contributed by atoms with Gasteiger partial charge < -0.3 is 20.6 Å². The molecule has 2 heterocycles. The van der Waals surface area contributed by atoms with Gasteiger partial charge in [-0.1, -0.05) is 29.3 Å². The van der Waals surface area contributed by atoms with E-state index >= 15 is 0 Å². The lowest BCUT2D eigenvalue weighted by Gasteiger charge is -2.30. The maximum absolute atomic E-state index is 13.1. The van der Waals surface area contributed by atoms with Crippen molar-refractivity contribution in [1.29, 1.82) is 0 Å². The number of likely N-dealkylation sites (tertiary alicyclic amines) is 1. The normalized spacial score (nSPS) is 17.2. The highest BCUT2D eigenvalue weighted by molar-refractivity contribution is 7.99. The summed E-state index contributed by atoms with van der Waals surface area (Å²) < 4.78 is 1.15. The topological polar surface area (TPSA) is 176 Å². The first-order valence-electron chi connectivity index (χ1n) is 12.0. The molecular formula is C23H27Cl2N7O6S. The number of nitrogens with one attached hydrogen (secondary N) is 2. The molecule has 2 aromatic rings. The van der Waals surface area contributed by atoms with Gasteiger partial charge in [0.05, 0.1) is 27.4 Å². The Labute approximate surface area is 237 Å². The van der Waals surface area contributed by atoms with Crippen LogP contribution in [0.25, 0.3) is 0 Å². The van der Waals surface area contributed by atoms with Crippen molar-refractivity contribution in [2.24, 2.45) is 0 Å². The van der Waals surface area contributed by atoms with E-state index in [1.165, 1.54) is 18.7 Å². The van der Waals surface area contributed by atoms with E-state index in [-0.39, 0.29) is 17.6 Å². The molecule has 1 aromatic heterocycles. The molecule has 0 spiro atoms. The highest BCUT2D eigenvalue weighted by Gasteiger charge is 2.35. The minimum absolute atomic E-state index is 0.172. The van der Waals surface area contributed by atoms with Gasteiger partial charge >= 0.3 is 5.97 Å². The number of rotatable bonds is 11. The van der Waals surface area contributed by atoms with Crippen molar-refractivity contribution < 1.29 is 29.1 Å². The second-order valence-electron chi connectivity index (χ2n) is 8.85. The van der Waals surface area contributed by atoms with Crippen LogP contribution in [0.1, 0.15) is 39.5 Å². The Morgan fingerprint density at radius 1 is 1.21 bits per heavy atom. The number of halogens is 2. The second kappa shape index (κ2) is 13.7. The van der Waals surface area contributed by atoms with Crippen LogP contribution in [0, 0.1) is 0 Å². The Morgan fingerprint density at radius 2 is 1.90 bits per heavy atom. The van der Waals surface area contributed by atoms with Crippen LogP contribution in [-0.2, 0) is 30.5 Å². The fourth-order valence-electron chi connectivity index (χ4n) is 3.98. The molecular weight excluding hydrogens is 573 g/mol. The zero-order valence-electron chi connectivity index (χ0n) is 21.1. The molecule has 0 bridgehead atoms. The van der Waals surface area contributed by atoms with Crippen molar-refractivity contribution >= 4 is 64.4 Å². The first kappa shape index (κ1) is 30.3. The lowest BCUT2D eigenvalue weighted by atomic mass is 10.1. The quantitative estimate of drug-likeness (QED) is 0.343. The Balaban J connectivity index is 1.73. The first-order valence-corrected chi connectivity index (χ1v) is 13.6. The number of aliphatic carboxylic acids is 1. The van der Waals surface area contributed by atoms with E-state index < -0.39 is 54.7 Å². The molecule has 1 aromatic carbocycles. The molecule has 39 heavy (non-hydrogen) atoms. The van der Waals surface area contributed by atoms with Crippen molar-refractivity contribution in [3.05, 3.63) is 28.2 Å². The number of benzene rings is 1. The number of carbonyl (C=O) groups excluding carboxylic acids is 4. The maximum Gasteiger partial charge on any atom is 0.305 e. The van der Waals surface area contributed by atoms with E-state index in [4.69, 9.17) is 23.2 Å². The number of carboxylic acids is 1. The predicted octanol–water partition coefficient (Wildman–Crippen LogP) is 1.57. The molecule has 3 atom stereocenters. The molecule has 13 nitrogen and oxygen atoms in total. The van der Waals surface area contributed by atoms with Crippen LogP contribution in [0.4, 0.5) is 0 Å². The highest BCUT2D eigenvalue weighted by atomic mass is 35.5. The summed E-state index contributed by atoms with van der Waals surface area (Å²) in [5, 5.41) is 26.6. The average Bonchev–Trinajstić information content (AvgIpc) is 3.21. The zero-order valence-corrected chi connectivity index (χ0v) is 23.4. The van der Waals surface area contributed by atoms with Crippen molar-refractivity contribution in [2.75, 3.05) is 6.54 Å². The Bertz CT molecular complexity index is 1240. The monoisotopic (exact) mass is 599 g/mol. The predicted molar refractivity (Wildman–Crippen MR) is 140 cm³/mol. The fourth-order valence-corrected chi connectivity index (χ4v) is 5.41. The third-order valence-corrected chi connectivity index (χ3v) is 7.92.